The molecule has 0 amide bonds. The van der Waals surface area contributed by atoms with Crippen molar-refractivity contribution in [3.63, 3.8) is 0 Å². The maximum atomic E-state index is 11.2. The van der Waals surface area contributed by atoms with E-state index >= 15 is 0 Å². The lowest BCUT2D eigenvalue weighted by molar-refractivity contribution is -0.141. The number of rotatable bonds is 8. The molecule has 0 fully saturated rings. The van der Waals surface area contributed by atoms with Crippen molar-refractivity contribution in [1.29, 1.82) is 0 Å². The molecule has 0 bridgehead atoms. The van der Waals surface area contributed by atoms with Gasteiger partial charge in [0.2, 0.25) is 0 Å². The van der Waals surface area contributed by atoms with E-state index in [4.69, 9.17) is 4.74 Å². The third kappa shape index (κ3) is 4.96. The molecule has 1 aromatic heterocycles. The lowest BCUT2D eigenvalue weighted by atomic mass is 10.3. The number of aryl methyl sites for hydroxylation is 1. The normalized spacial score (nSPS) is 11.0. The Balaban J connectivity index is 2.58. The molecule has 108 valence electrons. The second-order valence-corrected chi connectivity index (χ2v) is 4.32. The summed E-state index contributed by atoms with van der Waals surface area (Å²) in [6, 6.07) is 0. The molecule has 0 radical (unpaired) electrons. The van der Waals surface area contributed by atoms with Crippen molar-refractivity contribution in [2.24, 2.45) is 7.05 Å². The van der Waals surface area contributed by atoms with Gasteiger partial charge in [0.1, 0.15) is 11.6 Å². The predicted octanol–water partition coefficient (Wildman–Crippen LogP) is 0.135. The molecule has 19 heavy (non-hydrogen) atoms. The van der Waals surface area contributed by atoms with Crippen LogP contribution >= 0.6 is 0 Å². The molecule has 1 rings (SSSR count). The predicted molar refractivity (Wildman–Crippen MR) is 69.5 cm³/mol. The maximum absolute atomic E-state index is 11.2. The molecule has 7 nitrogen and oxygen atoms in total. The number of carbonyl (C=O) groups excluding carboxylic acids is 1. The van der Waals surface area contributed by atoms with Gasteiger partial charge in [0.25, 0.3) is 0 Å². The SMILES string of the molecule is COCCN(CCC(=O)OC)Cc1nnc(C)n1C. The first-order chi connectivity index (χ1) is 9.08. The first-order valence-electron chi connectivity index (χ1n) is 6.21. The van der Waals surface area contributed by atoms with Crippen molar-refractivity contribution in [1.82, 2.24) is 19.7 Å². The highest BCUT2D eigenvalue weighted by Crippen LogP contribution is 2.04. The van der Waals surface area contributed by atoms with E-state index in [9.17, 15) is 4.79 Å². The Morgan fingerprint density at radius 3 is 2.58 bits per heavy atom. The smallest absolute Gasteiger partial charge is 0.306 e. The van der Waals surface area contributed by atoms with Crippen LogP contribution in [0.3, 0.4) is 0 Å². The van der Waals surface area contributed by atoms with Crippen LogP contribution < -0.4 is 0 Å². The van der Waals surface area contributed by atoms with Gasteiger partial charge in [-0.15, -0.1) is 10.2 Å². The zero-order chi connectivity index (χ0) is 14.3. The Morgan fingerprint density at radius 1 is 1.32 bits per heavy atom. The molecule has 0 saturated carbocycles. The molecule has 0 aliphatic heterocycles. The number of hydrogen-bond acceptors (Lipinski definition) is 6. The van der Waals surface area contributed by atoms with Crippen LogP contribution in [0.25, 0.3) is 0 Å². The molecular formula is C12H22N4O3. The summed E-state index contributed by atoms with van der Waals surface area (Å²) in [5.74, 6) is 1.53. The molecule has 0 unspecified atom stereocenters. The zero-order valence-electron chi connectivity index (χ0n) is 12.0. The molecule has 0 aromatic carbocycles. The van der Waals surface area contributed by atoms with E-state index in [-0.39, 0.29) is 5.97 Å². The van der Waals surface area contributed by atoms with Gasteiger partial charge in [-0.25, -0.2) is 0 Å². The Labute approximate surface area is 113 Å². The summed E-state index contributed by atoms with van der Waals surface area (Å²) in [5, 5.41) is 8.15. The summed E-state index contributed by atoms with van der Waals surface area (Å²) in [6.45, 7) is 4.50. The van der Waals surface area contributed by atoms with Gasteiger partial charge < -0.3 is 14.0 Å². The van der Waals surface area contributed by atoms with Crippen molar-refractivity contribution in [3.05, 3.63) is 11.6 Å². The third-order valence-corrected chi connectivity index (χ3v) is 3.02. The minimum absolute atomic E-state index is 0.212. The van der Waals surface area contributed by atoms with Crippen molar-refractivity contribution < 1.29 is 14.3 Å². The third-order valence-electron chi connectivity index (χ3n) is 3.02. The summed E-state index contributed by atoms with van der Waals surface area (Å²) in [7, 11) is 4.98. The summed E-state index contributed by atoms with van der Waals surface area (Å²) in [5.41, 5.74) is 0. The number of ether oxygens (including phenoxy) is 2. The molecular weight excluding hydrogens is 248 g/mol. The highest BCUT2D eigenvalue weighted by Gasteiger charge is 2.13. The molecule has 0 atom stereocenters. The fraction of sp³-hybridized carbons (Fsp3) is 0.750. The average molecular weight is 270 g/mol. The van der Waals surface area contributed by atoms with Gasteiger partial charge in [-0.3, -0.25) is 9.69 Å². The molecule has 7 heteroatoms. The largest absolute Gasteiger partial charge is 0.469 e. The lowest BCUT2D eigenvalue weighted by Crippen LogP contribution is -2.30. The van der Waals surface area contributed by atoms with Gasteiger partial charge >= 0.3 is 5.97 Å². The molecule has 0 spiro atoms. The first-order valence-corrected chi connectivity index (χ1v) is 6.21. The maximum Gasteiger partial charge on any atom is 0.306 e. The van der Waals surface area contributed by atoms with E-state index in [2.05, 4.69) is 19.8 Å². The quantitative estimate of drug-likeness (QED) is 0.626. The average Bonchev–Trinajstić information content (AvgIpc) is 2.73. The van der Waals surface area contributed by atoms with Crippen molar-refractivity contribution in [2.45, 2.75) is 19.9 Å². The van der Waals surface area contributed by atoms with Crippen LogP contribution in [0.5, 0.6) is 0 Å². The minimum atomic E-state index is -0.212. The number of carbonyl (C=O) groups is 1. The topological polar surface area (TPSA) is 69.5 Å². The number of aromatic nitrogens is 3. The van der Waals surface area contributed by atoms with E-state index in [0.29, 0.717) is 26.1 Å². The van der Waals surface area contributed by atoms with E-state index in [1.807, 2.05) is 18.5 Å². The molecule has 0 aliphatic rings. The number of nitrogens with zero attached hydrogens (tertiary/aromatic N) is 4. The Hall–Kier alpha value is -1.47. The van der Waals surface area contributed by atoms with Gasteiger partial charge in [0, 0.05) is 27.2 Å². The van der Waals surface area contributed by atoms with Crippen LogP contribution in [0.2, 0.25) is 0 Å². The van der Waals surface area contributed by atoms with E-state index in [1.54, 1.807) is 7.11 Å². The molecule has 1 heterocycles. The van der Waals surface area contributed by atoms with Crippen molar-refractivity contribution in [3.8, 4) is 0 Å². The number of hydrogen-bond donors (Lipinski definition) is 0. The van der Waals surface area contributed by atoms with Crippen LogP contribution in [0, 0.1) is 6.92 Å². The fourth-order valence-corrected chi connectivity index (χ4v) is 1.63. The van der Waals surface area contributed by atoms with Crippen LogP contribution in [0.1, 0.15) is 18.1 Å². The lowest BCUT2D eigenvalue weighted by Gasteiger charge is -2.20. The van der Waals surface area contributed by atoms with E-state index in [1.165, 1.54) is 7.11 Å². The monoisotopic (exact) mass is 270 g/mol. The first kappa shape index (κ1) is 15.6. The second-order valence-electron chi connectivity index (χ2n) is 4.32. The van der Waals surface area contributed by atoms with Crippen molar-refractivity contribution in [2.75, 3.05) is 33.9 Å². The highest BCUT2D eigenvalue weighted by molar-refractivity contribution is 5.69. The number of methoxy groups -OCH3 is 2. The van der Waals surface area contributed by atoms with Crippen LogP contribution in [-0.2, 0) is 27.9 Å². The molecule has 0 aliphatic carbocycles. The van der Waals surface area contributed by atoms with Crippen molar-refractivity contribution >= 4 is 5.97 Å². The van der Waals surface area contributed by atoms with Gasteiger partial charge in [-0.1, -0.05) is 0 Å². The standard InChI is InChI=1S/C12H22N4O3/c1-10-13-14-11(15(10)2)9-16(7-8-18-3)6-5-12(17)19-4/h5-9H2,1-4H3. The summed E-state index contributed by atoms with van der Waals surface area (Å²) >= 11 is 0. The molecule has 1 aromatic rings. The summed E-state index contributed by atoms with van der Waals surface area (Å²) in [4.78, 5) is 13.3. The van der Waals surface area contributed by atoms with Gasteiger partial charge in [0.15, 0.2) is 0 Å². The fourth-order valence-electron chi connectivity index (χ4n) is 1.63. The Morgan fingerprint density at radius 2 is 2.05 bits per heavy atom. The summed E-state index contributed by atoms with van der Waals surface area (Å²) in [6.07, 6.45) is 0.358. The minimum Gasteiger partial charge on any atom is -0.469 e. The second kappa shape index (κ2) is 7.85. The van der Waals surface area contributed by atoms with E-state index < -0.39 is 0 Å². The van der Waals surface area contributed by atoms with Crippen LogP contribution in [-0.4, -0.2) is 59.5 Å². The Kier molecular flexibility index (Phi) is 6.44. The van der Waals surface area contributed by atoms with Gasteiger partial charge in [0.05, 0.1) is 26.7 Å². The zero-order valence-corrected chi connectivity index (χ0v) is 12.0. The molecule has 0 N–H and O–H groups in total. The van der Waals surface area contributed by atoms with Crippen LogP contribution in [0.15, 0.2) is 0 Å². The van der Waals surface area contributed by atoms with Crippen LogP contribution in [0.4, 0.5) is 0 Å². The van der Waals surface area contributed by atoms with Gasteiger partial charge in [-0.05, 0) is 6.92 Å². The van der Waals surface area contributed by atoms with E-state index in [0.717, 1.165) is 18.2 Å². The highest BCUT2D eigenvalue weighted by atomic mass is 16.5. The van der Waals surface area contributed by atoms with Gasteiger partial charge in [-0.2, -0.15) is 0 Å². The Bertz CT molecular complexity index is 406. The number of esters is 1. The molecule has 0 saturated heterocycles. The summed E-state index contributed by atoms with van der Waals surface area (Å²) < 4.78 is 11.7.